The number of unbranched alkanes of at least 4 members (excludes halogenated alkanes) is 1. The molecule has 0 unspecified atom stereocenters. The van der Waals surface area contributed by atoms with Crippen LogP contribution in [0.15, 0.2) is 283 Å². The summed E-state index contributed by atoms with van der Waals surface area (Å²) in [6.07, 6.45) is 11.1. The number of hydrogen-bond donors (Lipinski definition) is 0. The van der Waals surface area contributed by atoms with E-state index in [1.165, 1.54) is 108 Å². The number of methoxy groups -OCH3 is 1. The lowest BCUT2D eigenvalue weighted by atomic mass is 9.88. The van der Waals surface area contributed by atoms with Crippen LogP contribution < -0.4 is 4.74 Å². The highest BCUT2D eigenvalue weighted by Crippen LogP contribution is 2.39. The molecular formula is C112H134Cl2N8O5. The number of piperidine rings is 4. The Hall–Kier alpha value is -10.7. The summed E-state index contributed by atoms with van der Waals surface area (Å²) in [7, 11) is 3.89. The first-order valence-corrected chi connectivity index (χ1v) is 47.3. The summed E-state index contributed by atoms with van der Waals surface area (Å²) in [6, 6.07) is 89.5. The van der Waals surface area contributed by atoms with Crippen molar-refractivity contribution in [1.82, 2.24) is 39.2 Å². The summed E-state index contributed by atoms with van der Waals surface area (Å²) in [6.45, 7) is 35.8. The molecule has 127 heavy (non-hydrogen) atoms. The normalized spacial score (nSPS) is 14.3. The Bertz CT molecular complexity index is 5220. The van der Waals surface area contributed by atoms with Crippen molar-refractivity contribution in [3.8, 4) is 5.75 Å². The highest BCUT2D eigenvalue weighted by Gasteiger charge is 2.27. The van der Waals surface area contributed by atoms with Crippen molar-refractivity contribution in [2.45, 2.75) is 140 Å². The van der Waals surface area contributed by atoms with Crippen molar-refractivity contribution in [2.24, 2.45) is 0 Å². The molecule has 4 aliphatic heterocycles. The molecule has 0 aliphatic carbocycles. The molecule has 666 valence electrons. The molecule has 4 fully saturated rings. The molecule has 4 amide bonds. The van der Waals surface area contributed by atoms with Crippen molar-refractivity contribution in [3.63, 3.8) is 0 Å². The third-order valence-corrected chi connectivity index (χ3v) is 25.9. The van der Waals surface area contributed by atoms with E-state index in [0.29, 0.717) is 18.1 Å². The first-order valence-electron chi connectivity index (χ1n) is 46.5. The monoisotopic (exact) mass is 1740 g/mol. The molecule has 14 rings (SSSR count). The van der Waals surface area contributed by atoms with E-state index in [4.69, 9.17) is 27.9 Å². The van der Waals surface area contributed by atoms with Crippen LogP contribution in [0.3, 0.4) is 0 Å². The van der Waals surface area contributed by atoms with E-state index in [1.807, 2.05) is 154 Å². The quantitative estimate of drug-likeness (QED) is 0.0474. The van der Waals surface area contributed by atoms with Crippen LogP contribution in [-0.2, 0) is 13.1 Å². The Morgan fingerprint density at radius 1 is 0.307 bits per heavy atom. The number of ether oxygens (including phenoxy) is 1. The van der Waals surface area contributed by atoms with E-state index in [1.54, 1.807) is 7.11 Å². The summed E-state index contributed by atoms with van der Waals surface area (Å²) in [5, 5.41) is 1.39. The second-order valence-electron chi connectivity index (χ2n) is 33.2. The maximum absolute atomic E-state index is 12.8. The Labute approximate surface area is 769 Å². The maximum Gasteiger partial charge on any atom is 0.253 e. The van der Waals surface area contributed by atoms with Crippen molar-refractivity contribution >= 4 is 69.1 Å². The van der Waals surface area contributed by atoms with Crippen molar-refractivity contribution in [3.05, 3.63) is 371 Å². The molecule has 0 N–H and O–H groups in total. The third-order valence-electron chi connectivity index (χ3n) is 25.3. The fraction of sp³-hybridized carbons (Fsp3) is 0.357. The van der Waals surface area contributed by atoms with Gasteiger partial charge in [-0.05, 0) is 277 Å². The molecule has 15 heteroatoms. The average molecular weight is 1740 g/mol. The fourth-order valence-electron chi connectivity index (χ4n) is 17.8. The van der Waals surface area contributed by atoms with Crippen molar-refractivity contribution in [2.75, 3.05) is 125 Å². The Kier molecular flexibility index (Phi) is 38.2. The van der Waals surface area contributed by atoms with Gasteiger partial charge in [-0.25, -0.2) is 0 Å². The van der Waals surface area contributed by atoms with Crippen molar-refractivity contribution < 1.29 is 23.9 Å². The second-order valence-corrected chi connectivity index (χ2v) is 34.1. The number of carbonyl (C=O) groups is 4. The Balaban J connectivity index is 0.000000165. The van der Waals surface area contributed by atoms with Gasteiger partial charge >= 0.3 is 0 Å². The molecule has 0 atom stereocenters. The molecule has 4 aliphatic rings. The van der Waals surface area contributed by atoms with Crippen LogP contribution in [0.4, 0.5) is 0 Å². The van der Waals surface area contributed by atoms with Gasteiger partial charge in [0.2, 0.25) is 0 Å². The summed E-state index contributed by atoms with van der Waals surface area (Å²) in [5.41, 5.74) is 26.5. The van der Waals surface area contributed by atoms with Gasteiger partial charge in [-0.2, -0.15) is 0 Å². The number of carbonyl (C=O) groups excluding carboxylic acids is 4. The largest absolute Gasteiger partial charge is 0.497 e. The predicted molar refractivity (Wildman–Crippen MR) is 530 cm³/mol. The molecule has 10 aromatic carbocycles. The summed E-state index contributed by atoms with van der Waals surface area (Å²) < 4.78 is 5.29. The van der Waals surface area contributed by atoms with Gasteiger partial charge in [0.05, 0.1) is 7.11 Å². The minimum absolute atomic E-state index is 0.0876. The van der Waals surface area contributed by atoms with Crippen LogP contribution in [0.5, 0.6) is 5.75 Å². The minimum atomic E-state index is 0.0876. The third kappa shape index (κ3) is 26.9. The second kappa shape index (κ2) is 50.1. The van der Waals surface area contributed by atoms with Crippen LogP contribution in [0, 0.1) is 0 Å². The van der Waals surface area contributed by atoms with E-state index < -0.39 is 0 Å². The molecule has 10 aromatic rings. The molecular weight excluding hydrogens is 1610 g/mol. The molecule has 0 spiro atoms. The zero-order valence-electron chi connectivity index (χ0n) is 77.2. The van der Waals surface area contributed by atoms with Crippen LogP contribution in [0.25, 0.3) is 22.3 Å². The lowest BCUT2D eigenvalue weighted by molar-refractivity contribution is 0.0765. The molecule has 0 bridgehead atoms. The van der Waals surface area contributed by atoms with E-state index in [-0.39, 0.29) is 23.6 Å². The number of rotatable bonds is 28. The Morgan fingerprint density at radius 2 is 0.567 bits per heavy atom. The topological polar surface area (TPSA) is 103 Å². The average Bonchev–Trinajstić information content (AvgIpc) is 0.816. The summed E-state index contributed by atoms with van der Waals surface area (Å²) >= 11 is 12.5. The number of halogens is 2. The molecule has 0 aromatic heterocycles. The lowest BCUT2D eigenvalue weighted by Crippen LogP contribution is -2.32. The summed E-state index contributed by atoms with van der Waals surface area (Å²) in [5.74, 6) is 1.31. The number of amides is 4. The first kappa shape index (κ1) is 96.9. The first-order chi connectivity index (χ1) is 61.9. The molecule has 4 saturated heterocycles. The lowest BCUT2D eigenvalue weighted by Gasteiger charge is -2.30. The van der Waals surface area contributed by atoms with Gasteiger partial charge < -0.3 is 34.1 Å². The highest BCUT2D eigenvalue weighted by molar-refractivity contribution is 6.35. The smallest absolute Gasteiger partial charge is 0.253 e. The molecule has 0 saturated carbocycles. The van der Waals surface area contributed by atoms with Crippen molar-refractivity contribution in [1.29, 1.82) is 0 Å². The minimum Gasteiger partial charge on any atom is -0.497 e. The molecule has 13 nitrogen and oxygen atoms in total. The zero-order valence-corrected chi connectivity index (χ0v) is 78.7. The number of hydrogen-bond acceptors (Lipinski definition) is 9. The van der Waals surface area contributed by atoms with E-state index in [9.17, 15) is 19.2 Å². The zero-order chi connectivity index (χ0) is 90.0. The summed E-state index contributed by atoms with van der Waals surface area (Å²) in [4.78, 5) is 68.3. The number of nitrogens with zero attached hydrogens (tertiary/aromatic N) is 8. The Morgan fingerprint density at radius 3 is 0.835 bits per heavy atom. The van der Waals surface area contributed by atoms with Gasteiger partial charge in [0.15, 0.2) is 0 Å². The predicted octanol–water partition coefficient (Wildman–Crippen LogP) is 24.4. The molecule has 0 radical (unpaired) electrons. The van der Waals surface area contributed by atoms with Crippen LogP contribution >= 0.6 is 23.2 Å². The van der Waals surface area contributed by atoms with Gasteiger partial charge in [-0.3, -0.25) is 29.0 Å². The van der Waals surface area contributed by atoms with Gasteiger partial charge in [-0.1, -0.05) is 247 Å². The SMILES string of the molecule is CCCCN1CCC(=C(c2ccccc2)c2ccc(C(=O)N(CC)CC)cc2)CC1.CCN(CC)C(=O)c1ccc(C(=C2CCN(C)CC2)c2ccccc2)cc1.CCN(CC)C(=O)c1ccc(C(=C2CCN(Cc3ccc(Cl)cc3Cl)CC2)c2ccccc2)cc1.CCN(CC)C(=O)c1ccc(C(=C2CCN(Cc3ccc(OC)cc3)CC2)c2ccccc2)cc1. The van der Waals surface area contributed by atoms with Crippen LogP contribution in [0.2, 0.25) is 10.0 Å². The number of likely N-dealkylation sites (tertiary alicyclic amines) is 4. The van der Waals surface area contributed by atoms with Gasteiger partial charge in [0, 0.05) is 150 Å². The van der Waals surface area contributed by atoms with Crippen LogP contribution in [0.1, 0.15) is 224 Å². The van der Waals surface area contributed by atoms with Crippen LogP contribution in [-0.4, -0.2) is 188 Å². The number of benzene rings is 10. The van der Waals surface area contributed by atoms with E-state index >= 15 is 0 Å². The maximum atomic E-state index is 12.8. The van der Waals surface area contributed by atoms with E-state index in [2.05, 4.69) is 216 Å². The highest BCUT2D eigenvalue weighted by atomic mass is 35.5. The van der Waals surface area contributed by atoms with E-state index in [0.717, 1.165) is 200 Å². The van der Waals surface area contributed by atoms with Gasteiger partial charge in [0.1, 0.15) is 5.75 Å². The standard InChI is InChI=1S/C31H36N2O2.C30H32Cl2N2O.C27H36N2O.C24H30N2O/c1-4-33(5-2)31(34)28-15-13-26(14-16-28)30(25-9-7-6-8-10-25)27-19-21-32(22-20-27)23-24-11-17-29(35-3)18-12-24;1-3-34(4-2)30(35)25-12-10-23(11-13-25)29(22-8-6-5-7-9-22)24-16-18-33(19-17-24)21-26-14-15-27(31)20-28(26)32;1-4-7-19-28-20-17-24(18-21-28)26(22-11-9-8-10-12-22)23-13-15-25(16-14-23)27(30)29(5-2)6-3;1-4-26(5-2)24(27)22-13-11-20(12-14-22)23(19-9-7-6-8-10-19)21-15-17-25(3)18-16-21/h6-18H,4-5,19-23H2,1-3H3;5-15,20H,3-4,16-19,21H2,1-2H3;8-16H,4-7,17-21H2,1-3H3;6-14H,4-5,15-18H2,1-3H3. The van der Waals surface area contributed by atoms with Gasteiger partial charge in [0.25, 0.3) is 23.6 Å². The fourth-order valence-corrected chi connectivity index (χ4v) is 18.2. The van der Waals surface area contributed by atoms with Gasteiger partial charge in [-0.15, -0.1) is 0 Å². The molecule has 4 heterocycles.